The average Bonchev–Trinajstić information content (AvgIpc) is 2.42. The molecule has 0 fully saturated rings. The van der Waals surface area contributed by atoms with Crippen LogP contribution in [0.15, 0.2) is 18.3 Å². The molecule has 102 valence electrons. The molecular formula is C12H6F4N4. The molecule has 0 bridgehead atoms. The Hall–Kier alpha value is -2.82. The number of nitrogens with one attached hydrogen (secondary N) is 1. The Morgan fingerprint density at radius 2 is 1.70 bits per heavy atom. The molecule has 1 aromatic heterocycles. The van der Waals surface area contributed by atoms with Crippen molar-refractivity contribution in [3.05, 3.63) is 47.2 Å². The van der Waals surface area contributed by atoms with Crippen LogP contribution in [0.2, 0.25) is 0 Å². The molecule has 0 saturated carbocycles. The lowest BCUT2D eigenvalue weighted by molar-refractivity contribution is 0.459. The first kappa shape index (κ1) is 13.6. The number of nitrogens with two attached hydrogens (primary N) is 1. The highest BCUT2D eigenvalue weighted by Crippen LogP contribution is 2.28. The second-order valence-electron chi connectivity index (χ2n) is 3.74. The average molecular weight is 282 g/mol. The van der Waals surface area contributed by atoms with Gasteiger partial charge in [-0.05, 0) is 6.07 Å². The van der Waals surface area contributed by atoms with E-state index >= 15 is 0 Å². The zero-order valence-corrected chi connectivity index (χ0v) is 9.72. The van der Waals surface area contributed by atoms with E-state index in [1.54, 1.807) is 6.07 Å². The van der Waals surface area contributed by atoms with E-state index in [2.05, 4.69) is 4.98 Å². The Morgan fingerprint density at radius 3 is 2.25 bits per heavy atom. The molecule has 1 heterocycles. The molecule has 20 heavy (non-hydrogen) atoms. The van der Waals surface area contributed by atoms with Crippen molar-refractivity contribution in [1.82, 2.24) is 4.98 Å². The van der Waals surface area contributed by atoms with E-state index in [4.69, 9.17) is 11.0 Å². The van der Waals surface area contributed by atoms with Crippen molar-refractivity contribution < 1.29 is 17.6 Å². The molecule has 0 atom stereocenters. The van der Waals surface area contributed by atoms with Gasteiger partial charge in [0.2, 0.25) is 0 Å². The number of nitrogen functional groups attached to an aromatic ring is 1. The van der Waals surface area contributed by atoms with Gasteiger partial charge in [0.1, 0.15) is 17.6 Å². The van der Waals surface area contributed by atoms with Crippen molar-refractivity contribution in [3.8, 4) is 6.07 Å². The number of hydrogen-bond donors (Lipinski definition) is 2. The van der Waals surface area contributed by atoms with Crippen LogP contribution in [0.1, 0.15) is 5.56 Å². The maximum absolute atomic E-state index is 13.5. The fourth-order valence-electron chi connectivity index (χ4n) is 1.47. The van der Waals surface area contributed by atoms with E-state index in [0.717, 1.165) is 6.20 Å². The smallest absolute Gasteiger partial charge is 0.185 e. The maximum Gasteiger partial charge on any atom is 0.185 e. The molecule has 0 unspecified atom stereocenters. The SMILES string of the molecule is N#Cc1cc(N)cnc1Nc1c(F)c(F)cc(F)c1F. The molecule has 4 nitrogen and oxygen atoms in total. The summed E-state index contributed by atoms with van der Waals surface area (Å²) in [7, 11) is 0. The minimum atomic E-state index is -1.62. The first-order chi connectivity index (χ1) is 9.43. The van der Waals surface area contributed by atoms with E-state index in [0.29, 0.717) is 0 Å². The van der Waals surface area contributed by atoms with Gasteiger partial charge >= 0.3 is 0 Å². The second kappa shape index (κ2) is 5.05. The van der Waals surface area contributed by atoms with Gasteiger partial charge in [-0.25, -0.2) is 22.5 Å². The normalized spacial score (nSPS) is 10.2. The summed E-state index contributed by atoms with van der Waals surface area (Å²) in [5.41, 5.74) is 4.34. The Bertz CT molecular complexity index is 698. The highest BCUT2D eigenvalue weighted by Gasteiger charge is 2.20. The van der Waals surface area contributed by atoms with Gasteiger partial charge < -0.3 is 11.1 Å². The van der Waals surface area contributed by atoms with E-state index in [-0.39, 0.29) is 23.1 Å². The first-order valence-electron chi connectivity index (χ1n) is 5.19. The highest BCUT2D eigenvalue weighted by molar-refractivity contribution is 5.65. The number of halogens is 4. The largest absolute Gasteiger partial charge is 0.397 e. The topological polar surface area (TPSA) is 74.7 Å². The predicted molar refractivity (Wildman–Crippen MR) is 62.9 cm³/mol. The summed E-state index contributed by atoms with van der Waals surface area (Å²) >= 11 is 0. The summed E-state index contributed by atoms with van der Waals surface area (Å²) < 4.78 is 53.0. The van der Waals surface area contributed by atoms with Gasteiger partial charge in [0.05, 0.1) is 17.4 Å². The third-order valence-electron chi connectivity index (χ3n) is 2.38. The zero-order chi connectivity index (χ0) is 14.9. The summed E-state index contributed by atoms with van der Waals surface area (Å²) in [6.45, 7) is 0. The first-order valence-corrected chi connectivity index (χ1v) is 5.19. The van der Waals surface area contributed by atoms with Gasteiger partial charge in [-0.3, -0.25) is 0 Å². The number of hydrogen-bond acceptors (Lipinski definition) is 4. The van der Waals surface area contributed by atoms with Crippen molar-refractivity contribution in [2.24, 2.45) is 0 Å². The lowest BCUT2D eigenvalue weighted by Crippen LogP contribution is -2.05. The Morgan fingerprint density at radius 1 is 1.10 bits per heavy atom. The zero-order valence-electron chi connectivity index (χ0n) is 9.72. The van der Waals surface area contributed by atoms with E-state index in [1.807, 2.05) is 5.32 Å². The Balaban J connectivity index is 2.54. The molecule has 3 N–H and O–H groups in total. The maximum atomic E-state index is 13.5. The van der Waals surface area contributed by atoms with Crippen LogP contribution in [-0.4, -0.2) is 4.98 Å². The minimum Gasteiger partial charge on any atom is -0.397 e. The predicted octanol–water partition coefficient (Wildman–Crippen LogP) is 2.84. The van der Waals surface area contributed by atoms with E-state index in [9.17, 15) is 17.6 Å². The number of nitriles is 1. The van der Waals surface area contributed by atoms with E-state index < -0.39 is 29.0 Å². The van der Waals surface area contributed by atoms with Crippen LogP contribution in [0, 0.1) is 34.6 Å². The van der Waals surface area contributed by atoms with Gasteiger partial charge in [-0.15, -0.1) is 0 Å². The molecule has 0 spiro atoms. The fourth-order valence-corrected chi connectivity index (χ4v) is 1.47. The molecule has 0 radical (unpaired) electrons. The van der Waals surface area contributed by atoms with Crippen LogP contribution in [-0.2, 0) is 0 Å². The van der Waals surface area contributed by atoms with Crippen molar-refractivity contribution in [1.29, 1.82) is 5.26 Å². The summed E-state index contributed by atoms with van der Waals surface area (Å²) in [5, 5.41) is 10.9. The van der Waals surface area contributed by atoms with Crippen molar-refractivity contribution in [3.63, 3.8) is 0 Å². The molecular weight excluding hydrogens is 276 g/mol. The molecule has 0 aliphatic rings. The number of benzene rings is 1. The summed E-state index contributed by atoms with van der Waals surface area (Å²) in [5.74, 6) is -6.65. The van der Waals surface area contributed by atoms with Gasteiger partial charge in [0.25, 0.3) is 0 Å². The molecule has 0 amide bonds. The Kier molecular flexibility index (Phi) is 3.43. The van der Waals surface area contributed by atoms with Crippen LogP contribution in [0.25, 0.3) is 0 Å². The minimum absolute atomic E-state index is 0.0808. The number of nitrogens with zero attached hydrogens (tertiary/aromatic N) is 2. The lowest BCUT2D eigenvalue weighted by Gasteiger charge is -2.10. The summed E-state index contributed by atoms with van der Waals surface area (Å²) in [4.78, 5) is 3.65. The standard InChI is InChI=1S/C12H6F4N4/c13-7-2-8(14)10(16)11(9(7)15)20-12-5(3-17)1-6(18)4-19-12/h1-2,4H,18H2,(H,19,20). The van der Waals surface area contributed by atoms with Crippen molar-refractivity contribution >= 4 is 17.2 Å². The fraction of sp³-hybridized carbons (Fsp3) is 0. The third kappa shape index (κ3) is 2.33. The monoisotopic (exact) mass is 282 g/mol. The van der Waals surface area contributed by atoms with E-state index in [1.165, 1.54) is 6.07 Å². The number of pyridine rings is 1. The summed E-state index contributed by atoms with van der Waals surface area (Å²) in [6.07, 6.45) is 1.12. The Labute approximate surface area is 110 Å². The lowest BCUT2D eigenvalue weighted by atomic mass is 10.2. The van der Waals surface area contributed by atoms with Crippen LogP contribution in [0.3, 0.4) is 0 Å². The molecule has 2 aromatic rings. The van der Waals surface area contributed by atoms with Crippen molar-refractivity contribution in [2.45, 2.75) is 0 Å². The molecule has 1 aromatic carbocycles. The number of aromatic nitrogens is 1. The van der Waals surface area contributed by atoms with Gasteiger partial charge in [-0.1, -0.05) is 0 Å². The van der Waals surface area contributed by atoms with Gasteiger partial charge in [-0.2, -0.15) is 5.26 Å². The van der Waals surface area contributed by atoms with Crippen LogP contribution in [0.5, 0.6) is 0 Å². The third-order valence-corrected chi connectivity index (χ3v) is 2.38. The van der Waals surface area contributed by atoms with Crippen LogP contribution >= 0.6 is 0 Å². The summed E-state index contributed by atoms with van der Waals surface area (Å²) in [6, 6.07) is 2.96. The second-order valence-corrected chi connectivity index (χ2v) is 3.74. The molecule has 0 aliphatic heterocycles. The van der Waals surface area contributed by atoms with Crippen molar-refractivity contribution in [2.75, 3.05) is 11.1 Å². The number of rotatable bonds is 2. The van der Waals surface area contributed by atoms with Crippen LogP contribution in [0.4, 0.5) is 34.8 Å². The highest BCUT2D eigenvalue weighted by atomic mass is 19.2. The molecule has 0 saturated heterocycles. The molecule has 2 rings (SSSR count). The van der Waals surface area contributed by atoms with Crippen LogP contribution < -0.4 is 11.1 Å². The number of anilines is 3. The molecule has 8 heteroatoms. The molecule has 0 aliphatic carbocycles. The van der Waals surface area contributed by atoms with Gasteiger partial charge in [0.15, 0.2) is 23.3 Å². The quantitative estimate of drug-likeness (QED) is 0.656. The van der Waals surface area contributed by atoms with Gasteiger partial charge in [0, 0.05) is 6.07 Å².